The van der Waals surface area contributed by atoms with Gasteiger partial charge in [0.15, 0.2) is 0 Å². The second-order valence-electron chi connectivity index (χ2n) is 7.71. The van der Waals surface area contributed by atoms with Crippen molar-refractivity contribution in [1.82, 2.24) is 4.57 Å². The van der Waals surface area contributed by atoms with Gasteiger partial charge in [-0.3, -0.25) is 14.2 Å². The fourth-order valence-electron chi connectivity index (χ4n) is 4.05. The number of fused-ring (bicyclic) bond motifs is 1. The number of rotatable bonds is 4. The van der Waals surface area contributed by atoms with E-state index in [-0.39, 0.29) is 11.5 Å². The molecule has 0 fully saturated rings. The van der Waals surface area contributed by atoms with Crippen LogP contribution >= 0.6 is 34.7 Å². The van der Waals surface area contributed by atoms with E-state index in [0.29, 0.717) is 37.7 Å². The average Bonchev–Trinajstić information content (AvgIpc) is 3.45. The number of hydrazone groups is 1. The summed E-state index contributed by atoms with van der Waals surface area (Å²) in [5.74, 6) is -0.273. The summed E-state index contributed by atoms with van der Waals surface area (Å²) in [6.45, 7) is 8.70. The molecule has 0 unspecified atom stereocenters. The molecular formula is C25H21ClN4O2S2. The van der Waals surface area contributed by atoms with Crippen molar-refractivity contribution < 1.29 is 4.79 Å². The van der Waals surface area contributed by atoms with Crippen LogP contribution in [0, 0.1) is 0 Å². The fourth-order valence-corrected chi connectivity index (χ4v) is 6.78. The van der Waals surface area contributed by atoms with E-state index in [1.807, 2.05) is 12.1 Å². The molecule has 9 heteroatoms. The van der Waals surface area contributed by atoms with E-state index in [9.17, 15) is 9.59 Å². The number of amides is 1. The number of thiazole rings is 1. The number of anilines is 2. The molecule has 0 aliphatic carbocycles. The van der Waals surface area contributed by atoms with Crippen LogP contribution in [-0.2, 0) is 11.3 Å². The number of benzene rings is 2. The summed E-state index contributed by atoms with van der Waals surface area (Å²) in [4.78, 5) is 30.4. The molecule has 2 aliphatic rings. The molecule has 0 N–H and O–H groups in total. The molecule has 3 aromatic rings. The Morgan fingerprint density at radius 2 is 1.85 bits per heavy atom. The number of carbonyl (C=O) groups is 1. The first-order chi connectivity index (χ1) is 16.4. The molecule has 0 radical (unpaired) electrons. The third-order valence-corrected chi connectivity index (χ3v) is 8.37. The number of hydrogen-bond acceptors (Lipinski definition) is 6. The molecule has 172 valence electrons. The van der Waals surface area contributed by atoms with Gasteiger partial charge in [-0.15, -0.1) is 17.9 Å². The number of nitrogens with zero attached hydrogens (tertiary/aromatic N) is 4. The lowest BCUT2D eigenvalue weighted by atomic mass is 10.2. The highest BCUT2D eigenvalue weighted by Gasteiger charge is 2.32. The predicted molar refractivity (Wildman–Crippen MR) is 142 cm³/mol. The van der Waals surface area contributed by atoms with Crippen molar-refractivity contribution in [1.29, 1.82) is 0 Å². The maximum absolute atomic E-state index is 13.6. The van der Waals surface area contributed by atoms with Crippen molar-refractivity contribution in [2.24, 2.45) is 5.10 Å². The first-order valence-electron chi connectivity index (χ1n) is 10.7. The summed E-state index contributed by atoms with van der Waals surface area (Å²) < 4.78 is 2.82. The Morgan fingerprint density at radius 1 is 1.12 bits per heavy atom. The minimum atomic E-state index is -0.273. The lowest BCUT2D eigenvalue weighted by Gasteiger charge is -2.16. The van der Waals surface area contributed by atoms with E-state index < -0.39 is 0 Å². The molecule has 0 spiro atoms. The summed E-state index contributed by atoms with van der Waals surface area (Å²) in [6.07, 6.45) is 1.67. The Morgan fingerprint density at radius 3 is 2.56 bits per heavy atom. The van der Waals surface area contributed by atoms with Gasteiger partial charge in [-0.1, -0.05) is 41.6 Å². The molecule has 5 rings (SSSR count). The Balaban J connectivity index is 1.74. The van der Waals surface area contributed by atoms with Crippen molar-refractivity contribution in [2.75, 3.05) is 16.5 Å². The van der Waals surface area contributed by atoms with E-state index in [2.05, 4.69) is 35.6 Å². The van der Waals surface area contributed by atoms with Crippen molar-refractivity contribution in [2.45, 2.75) is 25.3 Å². The first-order valence-corrected chi connectivity index (χ1v) is 12.7. The van der Waals surface area contributed by atoms with Gasteiger partial charge < -0.3 is 4.90 Å². The fraction of sp³-hybridized carbons (Fsp3) is 0.160. The van der Waals surface area contributed by atoms with Gasteiger partial charge in [0.1, 0.15) is 14.2 Å². The molecule has 0 saturated carbocycles. The van der Waals surface area contributed by atoms with Crippen molar-refractivity contribution in [3.63, 3.8) is 0 Å². The second kappa shape index (κ2) is 8.94. The summed E-state index contributed by atoms with van der Waals surface area (Å²) in [5, 5.41) is 7.31. The van der Waals surface area contributed by atoms with Crippen LogP contribution in [0.2, 0.25) is 5.02 Å². The van der Waals surface area contributed by atoms with Crippen LogP contribution in [0.15, 0.2) is 76.0 Å². The maximum Gasteiger partial charge on any atom is 0.283 e. The third kappa shape index (κ3) is 3.62. The van der Waals surface area contributed by atoms with E-state index in [0.717, 1.165) is 22.2 Å². The molecule has 2 aromatic carbocycles. The number of para-hydroxylation sites is 1. The summed E-state index contributed by atoms with van der Waals surface area (Å²) in [5.41, 5.74) is 2.56. The summed E-state index contributed by atoms with van der Waals surface area (Å²) in [7, 11) is 0. The van der Waals surface area contributed by atoms with Crippen LogP contribution in [0.3, 0.4) is 0 Å². The number of allylic oxidation sites excluding steroid dienone is 1. The van der Waals surface area contributed by atoms with Gasteiger partial charge in [0.25, 0.3) is 11.5 Å². The molecule has 1 aromatic heterocycles. The minimum Gasteiger partial charge on any atom is -0.334 e. The van der Waals surface area contributed by atoms with Crippen LogP contribution in [0.1, 0.15) is 13.8 Å². The highest BCUT2D eigenvalue weighted by Crippen LogP contribution is 2.45. The zero-order valence-corrected chi connectivity index (χ0v) is 21.0. The van der Waals surface area contributed by atoms with Gasteiger partial charge in [-0.25, -0.2) is 0 Å². The lowest BCUT2D eigenvalue weighted by molar-refractivity contribution is -0.112. The zero-order valence-electron chi connectivity index (χ0n) is 18.6. The van der Waals surface area contributed by atoms with Gasteiger partial charge in [0.05, 0.1) is 22.7 Å². The summed E-state index contributed by atoms with van der Waals surface area (Å²) in [6, 6.07) is 15.0. The van der Waals surface area contributed by atoms with Gasteiger partial charge in [-0.05, 0) is 50.2 Å². The number of thioether (sulfide) groups is 1. The Hall–Kier alpha value is -3.07. The van der Waals surface area contributed by atoms with Gasteiger partial charge in [-0.2, -0.15) is 10.1 Å². The van der Waals surface area contributed by atoms with Crippen molar-refractivity contribution >= 4 is 68.3 Å². The maximum atomic E-state index is 13.6. The Bertz CT molecular complexity index is 1540. The Kier molecular flexibility index (Phi) is 5.97. The molecule has 34 heavy (non-hydrogen) atoms. The molecule has 0 bridgehead atoms. The molecular weight excluding hydrogens is 488 g/mol. The van der Waals surface area contributed by atoms with Gasteiger partial charge >= 0.3 is 0 Å². The number of halogens is 1. The van der Waals surface area contributed by atoms with Crippen LogP contribution in [0.5, 0.6) is 0 Å². The SMILES string of the molecule is C=CCn1c(=O)/c(=C2/Sc3ccccc3N2CC)s/c1=C1/C(=O)N(c2ccc(Cl)cc2)N=C1C. The largest absolute Gasteiger partial charge is 0.334 e. The molecule has 1 amide bonds. The minimum absolute atomic E-state index is 0.133. The van der Waals surface area contributed by atoms with E-state index in [4.69, 9.17) is 11.6 Å². The molecule has 0 atom stereocenters. The van der Waals surface area contributed by atoms with Crippen molar-refractivity contribution in [3.8, 4) is 0 Å². The van der Waals surface area contributed by atoms with E-state index >= 15 is 0 Å². The molecule has 3 heterocycles. The monoisotopic (exact) mass is 508 g/mol. The number of hydrogen-bond donors (Lipinski definition) is 0. The number of carbonyl (C=O) groups excluding carboxylic acids is 1. The smallest absolute Gasteiger partial charge is 0.283 e. The second-order valence-corrected chi connectivity index (χ2v) is 10.2. The van der Waals surface area contributed by atoms with Gasteiger partial charge in [0.2, 0.25) is 0 Å². The zero-order chi connectivity index (χ0) is 24.0. The molecule has 2 aliphatic heterocycles. The molecule has 0 saturated heterocycles. The average molecular weight is 509 g/mol. The topological polar surface area (TPSA) is 57.9 Å². The van der Waals surface area contributed by atoms with Crippen molar-refractivity contribution in [3.05, 3.63) is 85.8 Å². The lowest BCUT2D eigenvalue weighted by Crippen LogP contribution is -2.35. The third-order valence-electron chi connectivity index (χ3n) is 5.62. The predicted octanol–water partition coefficient (Wildman–Crippen LogP) is 4.02. The Labute approximate surface area is 209 Å². The standard InChI is InChI=1S/C25H21ClN4O2S2/c1-4-14-29-23(32)21(25-28(5-2)18-8-6-7-9-19(18)33-25)34-24(29)20-15(3)27-30(22(20)31)17-12-10-16(26)11-13-17/h4,6-13H,1,5,14H2,2-3H3/b24-20+,25-21-. The quantitative estimate of drug-likeness (QED) is 0.499. The first kappa shape index (κ1) is 22.7. The summed E-state index contributed by atoms with van der Waals surface area (Å²) >= 11 is 8.92. The number of aromatic nitrogens is 1. The van der Waals surface area contributed by atoms with E-state index in [1.165, 1.54) is 16.3 Å². The van der Waals surface area contributed by atoms with Crippen LogP contribution in [0.25, 0.3) is 10.6 Å². The highest BCUT2D eigenvalue weighted by molar-refractivity contribution is 8.08. The van der Waals surface area contributed by atoms with E-state index in [1.54, 1.807) is 53.6 Å². The van der Waals surface area contributed by atoms with Crippen LogP contribution < -0.4 is 24.7 Å². The van der Waals surface area contributed by atoms with Crippen LogP contribution in [0.4, 0.5) is 11.4 Å². The molecule has 6 nitrogen and oxygen atoms in total. The highest BCUT2D eigenvalue weighted by atomic mass is 35.5. The van der Waals surface area contributed by atoms with Crippen LogP contribution in [-0.4, -0.2) is 22.7 Å². The normalized spacial score (nSPS) is 18.4. The van der Waals surface area contributed by atoms with Gasteiger partial charge in [0, 0.05) is 23.0 Å².